The third kappa shape index (κ3) is 6.45. The molecular weight excluding hydrogens is 493 g/mol. The molecule has 2 fully saturated rings. The van der Waals surface area contributed by atoms with Crippen molar-refractivity contribution in [1.29, 1.82) is 0 Å². The Hall–Kier alpha value is -3.59. The Kier molecular flexibility index (Phi) is 7.56. The molecular formula is C29H31F3N4O2. The predicted octanol–water partition coefficient (Wildman–Crippen LogP) is 6.16. The average Bonchev–Trinajstić information content (AvgIpc) is 3.43. The number of hydrogen-bond donors (Lipinski definition) is 1. The molecule has 2 aromatic carbocycles. The van der Waals surface area contributed by atoms with Crippen molar-refractivity contribution in [2.75, 3.05) is 36.4 Å². The van der Waals surface area contributed by atoms with Crippen LogP contribution in [0.5, 0.6) is 5.75 Å². The van der Waals surface area contributed by atoms with Crippen LogP contribution in [0.1, 0.15) is 36.8 Å². The maximum atomic E-state index is 12.4. The number of aromatic nitrogens is 1. The fourth-order valence-corrected chi connectivity index (χ4v) is 5.32. The van der Waals surface area contributed by atoms with Gasteiger partial charge in [0.1, 0.15) is 11.6 Å². The number of carbonyl (C=O) groups is 1. The summed E-state index contributed by atoms with van der Waals surface area (Å²) >= 11 is 0. The van der Waals surface area contributed by atoms with Crippen LogP contribution in [-0.4, -0.2) is 54.4 Å². The lowest BCUT2D eigenvalue weighted by atomic mass is 10.0. The van der Waals surface area contributed by atoms with Gasteiger partial charge in [0.15, 0.2) is 0 Å². The number of benzene rings is 2. The second-order valence-electron chi connectivity index (χ2n) is 9.93. The number of halogens is 3. The first-order chi connectivity index (χ1) is 18.2. The van der Waals surface area contributed by atoms with Crippen LogP contribution in [0.15, 0.2) is 54.6 Å². The van der Waals surface area contributed by atoms with Crippen molar-refractivity contribution in [1.82, 2.24) is 9.88 Å². The molecule has 2 aliphatic rings. The van der Waals surface area contributed by atoms with E-state index in [1.165, 1.54) is 75.2 Å². The molecule has 0 aliphatic carbocycles. The highest BCUT2D eigenvalue weighted by Crippen LogP contribution is 2.29. The van der Waals surface area contributed by atoms with Crippen molar-refractivity contribution in [3.05, 3.63) is 65.7 Å². The van der Waals surface area contributed by atoms with Crippen LogP contribution < -0.4 is 15.0 Å². The number of carbonyl (C=O) groups excluding carboxylic acids is 1. The predicted molar refractivity (Wildman–Crippen MR) is 143 cm³/mol. The van der Waals surface area contributed by atoms with E-state index in [-0.39, 0.29) is 11.7 Å². The molecule has 3 heterocycles. The van der Waals surface area contributed by atoms with Crippen molar-refractivity contribution in [3.8, 4) is 5.75 Å². The molecule has 0 saturated carbocycles. The fraction of sp³-hybridized carbons (Fsp3) is 0.379. The minimum absolute atomic E-state index is 0.311. The van der Waals surface area contributed by atoms with Crippen LogP contribution in [0.3, 0.4) is 0 Å². The SMILES string of the molecule is Cc1cc(N2CCC(N3CCCC3)CC2)nc2ccc(NC(=O)/C=C/c3ccc(OC(F)(F)F)cc3)cc12. The number of alkyl halides is 3. The summed E-state index contributed by atoms with van der Waals surface area (Å²) in [5.74, 6) is 0.346. The molecule has 9 heteroatoms. The standard InChI is InChI=1S/C29H31F3N4O2/c1-20-18-27(36-16-12-23(13-17-36)35-14-2-3-15-35)34-26-10-7-22(19-25(20)26)33-28(37)11-6-21-4-8-24(9-5-21)38-29(30,31)32/h4-11,18-19,23H,2-3,12-17H2,1H3,(H,33,37)/b11-6+. The Balaban J connectivity index is 1.20. The summed E-state index contributed by atoms with van der Waals surface area (Å²) in [6.07, 6.45) is 3.11. The zero-order valence-electron chi connectivity index (χ0n) is 21.3. The van der Waals surface area contributed by atoms with Gasteiger partial charge in [-0.3, -0.25) is 4.79 Å². The van der Waals surface area contributed by atoms with E-state index in [1.807, 2.05) is 18.2 Å². The van der Waals surface area contributed by atoms with Gasteiger partial charge in [0, 0.05) is 36.3 Å². The molecule has 1 amide bonds. The van der Waals surface area contributed by atoms with Gasteiger partial charge in [-0.15, -0.1) is 13.2 Å². The summed E-state index contributed by atoms with van der Waals surface area (Å²) < 4.78 is 40.7. The number of fused-ring (bicyclic) bond motifs is 1. The molecule has 38 heavy (non-hydrogen) atoms. The highest BCUT2D eigenvalue weighted by atomic mass is 19.4. The first-order valence-corrected chi connectivity index (χ1v) is 13.0. The molecule has 1 N–H and O–H groups in total. The normalized spacial score (nSPS) is 17.4. The number of likely N-dealkylation sites (tertiary alicyclic amines) is 1. The Morgan fingerprint density at radius 3 is 2.42 bits per heavy atom. The van der Waals surface area contributed by atoms with Crippen molar-refractivity contribution < 1.29 is 22.7 Å². The lowest BCUT2D eigenvalue weighted by molar-refractivity contribution is -0.274. The van der Waals surface area contributed by atoms with Gasteiger partial charge in [-0.1, -0.05) is 12.1 Å². The average molecular weight is 525 g/mol. The smallest absolute Gasteiger partial charge is 0.406 e. The van der Waals surface area contributed by atoms with Crippen molar-refractivity contribution >= 4 is 34.4 Å². The Morgan fingerprint density at radius 1 is 1.03 bits per heavy atom. The molecule has 0 spiro atoms. The van der Waals surface area contributed by atoms with Crippen LogP contribution in [0.4, 0.5) is 24.7 Å². The number of pyridine rings is 1. The topological polar surface area (TPSA) is 57.7 Å². The highest BCUT2D eigenvalue weighted by Gasteiger charge is 2.31. The van der Waals surface area contributed by atoms with Gasteiger partial charge in [0.05, 0.1) is 5.52 Å². The van der Waals surface area contributed by atoms with Crippen LogP contribution in [0.2, 0.25) is 0 Å². The lowest BCUT2D eigenvalue weighted by Crippen LogP contribution is -2.44. The van der Waals surface area contributed by atoms with Crippen LogP contribution in [-0.2, 0) is 4.79 Å². The zero-order chi connectivity index (χ0) is 26.7. The van der Waals surface area contributed by atoms with Gasteiger partial charge in [0.25, 0.3) is 0 Å². The van der Waals surface area contributed by atoms with Crippen molar-refractivity contribution in [2.24, 2.45) is 0 Å². The number of piperidine rings is 1. The minimum atomic E-state index is -4.74. The molecule has 1 aromatic heterocycles. The molecule has 3 aromatic rings. The monoisotopic (exact) mass is 524 g/mol. The van der Waals surface area contributed by atoms with E-state index in [0.29, 0.717) is 17.3 Å². The number of nitrogens with one attached hydrogen (secondary N) is 1. The van der Waals surface area contributed by atoms with E-state index < -0.39 is 6.36 Å². The number of aryl methyl sites for hydroxylation is 1. The van der Waals surface area contributed by atoms with E-state index in [4.69, 9.17) is 4.98 Å². The maximum absolute atomic E-state index is 12.4. The van der Waals surface area contributed by atoms with Gasteiger partial charge < -0.3 is 19.9 Å². The number of nitrogens with zero attached hydrogens (tertiary/aromatic N) is 3. The fourth-order valence-electron chi connectivity index (χ4n) is 5.32. The summed E-state index contributed by atoms with van der Waals surface area (Å²) in [7, 11) is 0. The maximum Gasteiger partial charge on any atom is 0.573 e. The molecule has 2 aliphatic heterocycles. The van der Waals surface area contributed by atoms with E-state index in [2.05, 4.69) is 32.8 Å². The van der Waals surface area contributed by atoms with Gasteiger partial charge in [0.2, 0.25) is 5.91 Å². The molecule has 6 nitrogen and oxygen atoms in total. The summed E-state index contributed by atoms with van der Waals surface area (Å²) in [5, 5.41) is 3.82. The van der Waals surface area contributed by atoms with Crippen LogP contribution >= 0.6 is 0 Å². The Morgan fingerprint density at radius 2 is 1.74 bits per heavy atom. The largest absolute Gasteiger partial charge is 0.573 e. The quantitative estimate of drug-likeness (QED) is 0.392. The van der Waals surface area contributed by atoms with E-state index in [0.717, 1.165) is 35.4 Å². The van der Waals surface area contributed by atoms with Gasteiger partial charge >= 0.3 is 6.36 Å². The summed E-state index contributed by atoms with van der Waals surface area (Å²) in [4.78, 5) is 22.4. The van der Waals surface area contributed by atoms with Gasteiger partial charge in [-0.25, -0.2) is 4.98 Å². The number of ether oxygens (including phenoxy) is 1. The van der Waals surface area contributed by atoms with E-state index in [1.54, 1.807) is 0 Å². The Bertz CT molecular complexity index is 1310. The third-order valence-electron chi connectivity index (χ3n) is 7.26. The molecule has 2 saturated heterocycles. The summed E-state index contributed by atoms with van der Waals surface area (Å²) in [6, 6.07) is 13.8. The molecule has 0 atom stereocenters. The van der Waals surface area contributed by atoms with E-state index >= 15 is 0 Å². The second kappa shape index (κ2) is 11.0. The van der Waals surface area contributed by atoms with E-state index in [9.17, 15) is 18.0 Å². The zero-order valence-corrected chi connectivity index (χ0v) is 21.3. The van der Waals surface area contributed by atoms with Gasteiger partial charge in [-0.2, -0.15) is 0 Å². The number of hydrogen-bond acceptors (Lipinski definition) is 5. The molecule has 0 radical (unpaired) electrons. The number of amides is 1. The third-order valence-corrected chi connectivity index (χ3v) is 7.26. The van der Waals surface area contributed by atoms with Gasteiger partial charge in [-0.05, 0) is 99.3 Å². The molecule has 5 rings (SSSR count). The molecule has 0 unspecified atom stereocenters. The molecule has 0 bridgehead atoms. The Labute approximate surface area is 220 Å². The molecule has 200 valence electrons. The minimum Gasteiger partial charge on any atom is -0.406 e. The van der Waals surface area contributed by atoms with Crippen LogP contribution in [0, 0.1) is 6.92 Å². The van der Waals surface area contributed by atoms with Crippen molar-refractivity contribution in [3.63, 3.8) is 0 Å². The first-order valence-electron chi connectivity index (χ1n) is 13.0. The van der Waals surface area contributed by atoms with Crippen molar-refractivity contribution in [2.45, 2.75) is 45.0 Å². The highest BCUT2D eigenvalue weighted by molar-refractivity contribution is 6.03. The lowest BCUT2D eigenvalue weighted by Gasteiger charge is -2.37. The second-order valence-corrected chi connectivity index (χ2v) is 9.93. The first kappa shape index (κ1) is 26.0. The summed E-state index contributed by atoms with van der Waals surface area (Å²) in [5.41, 5.74) is 3.20. The van der Waals surface area contributed by atoms with Crippen LogP contribution in [0.25, 0.3) is 17.0 Å². The number of anilines is 2. The number of rotatable bonds is 6. The summed E-state index contributed by atoms with van der Waals surface area (Å²) in [6.45, 7) is 6.55.